The number of rotatable bonds is 3. The predicted octanol–water partition coefficient (Wildman–Crippen LogP) is 0.927. The minimum absolute atomic E-state index is 0.237. The van der Waals surface area contributed by atoms with E-state index in [0.717, 1.165) is 10.6 Å². The number of anilines is 1. The lowest BCUT2D eigenvalue weighted by Crippen LogP contribution is -2.38. The van der Waals surface area contributed by atoms with Crippen LogP contribution in [0.25, 0.3) is 0 Å². The summed E-state index contributed by atoms with van der Waals surface area (Å²) in [6, 6.07) is 0. The molecule has 2 atom stereocenters. The van der Waals surface area contributed by atoms with Crippen molar-refractivity contribution in [3.05, 3.63) is 23.5 Å². The van der Waals surface area contributed by atoms with Crippen molar-refractivity contribution in [3.8, 4) is 0 Å². The first-order valence-corrected chi connectivity index (χ1v) is 7.70. The molecule has 2 aliphatic rings. The lowest BCUT2D eigenvalue weighted by molar-refractivity contribution is -0.142. The first kappa shape index (κ1) is 15.5. The molecule has 3 amide bonds. The molecule has 0 spiro atoms. The van der Waals surface area contributed by atoms with E-state index < -0.39 is 0 Å². The van der Waals surface area contributed by atoms with Crippen molar-refractivity contribution in [2.45, 2.75) is 26.7 Å². The van der Waals surface area contributed by atoms with Crippen molar-refractivity contribution in [3.63, 3.8) is 0 Å². The van der Waals surface area contributed by atoms with Gasteiger partial charge in [-0.2, -0.15) is 5.10 Å². The molecular formula is C16H20N4O3. The SMILES string of the molecule is Cc1nn(C)c(C)c1NC(=O)CN1C(=O)[C@@H]2CC=CC[C@H]2C1=O. The Balaban J connectivity index is 1.71. The highest BCUT2D eigenvalue weighted by Gasteiger charge is 2.47. The van der Waals surface area contributed by atoms with Crippen LogP contribution >= 0.6 is 0 Å². The maximum atomic E-state index is 12.4. The van der Waals surface area contributed by atoms with E-state index in [1.165, 1.54) is 0 Å². The predicted molar refractivity (Wildman–Crippen MR) is 83.4 cm³/mol. The Bertz CT molecular complexity index is 693. The van der Waals surface area contributed by atoms with Crippen LogP contribution in [0, 0.1) is 25.7 Å². The summed E-state index contributed by atoms with van der Waals surface area (Å²) >= 11 is 0. The molecule has 0 saturated carbocycles. The van der Waals surface area contributed by atoms with Crippen LogP contribution in [0.2, 0.25) is 0 Å². The molecular weight excluding hydrogens is 296 g/mol. The zero-order valence-corrected chi connectivity index (χ0v) is 13.5. The van der Waals surface area contributed by atoms with Crippen LogP contribution in [0.5, 0.6) is 0 Å². The van der Waals surface area contributed by atoms with Crippen LogP contribution < -0.4 is 5.32 Å². The van der Waals surface area contributed by atoms with Crippen molar-refractivity contribution in [2.75, 3.05) is 11.9 Å². The number of amides is 3. The molecule has 1 aromatic heterocycles. The fraction of sp³-hybridized carbons (Fsp3) is 0.500. The molecule has 0 radical (unpaired) electrons. The van der Waals surface area contributed by atoms with Crippen LogP contribution in [0.1, 0.15) is 24.2 Å². The Morgan fingerprint density at radius 3 is 2.26 bits per heavy atom. The number of aromatic nitrogens is 2. The molecule has 2 heterocycles. The van der Waals surface area contributed by atoms with Crippen LogP contribution in [0.4, 0.5) is 5.69 Å². The Hall–Kier alpha value is -2.44. The average Bonchev–Trinajstić information content (AvgIpc) is 2.90. The average molecular weight is 316 g/mol. The van der Waals surface area contributed by atoms with Gasteiger partial charge in [-0.3, -0.25) is 24.0 Å². The smallest absolute Gasteiger partial charge is 0.244 e. The van der Waals surface area contributed by atoms with Crippen LogP contribution in [-0.2, 0) is 21.4 Å². The number of carbonyl (C=O) groups excluding carboxylic acids is 3. The maximum absolute atomic E-state index is 12.4. The van der Waals surface area contributed by atoms with E-state index in [-0.39, 0.29) is 36.1 Å². The minimum Gasteiger partial charge on any atom is -0.321 e. The van der Waals surface area contributed by atoms with Crippen molar-refractivity contribution < 1.29 is 14.4 Å². The number of carbonyl (C=O) groups is 3. The molecule has 1 fully saturated rings. The summed E-state index contributed by atoms with van der Waals surface area (Å²) in [5, 5.41) is 7.00. The summed E-state index contributed by atoms with van der Waals surface area (Å²) in [7, 11) is 1.79. The molecule has 1 aromatic rings. The summed E-state index contributed by atoms with van der Waals surface area (Å²) in [6.07, 6.45) is 5.01. The first-order chi connectivity index (χ1) is 10.9. The number of imide groups is 1. The van der Waals surface area contributed by atoms with E-state index in [1.807, 2.05) is 19.1 Å². The van der Waals surface area contributed by atoms with E-state index in [9.17, 15) is 14.4 Å². The highest BCUT2D eigenvalue weighted by atomic mass is 16.2. The standard InChI is InChI=1S/C16H20N4O3/c1-9-14(10(2)19(3)18-9)17-13(21)8-20-15(22)11-6-4-5-7-12(11)16(20)23/h4-5,11-12H,6-8H2,1-3H3,(H,17,21)/t11-,12-/m1/s1. The molecule has 7 nitrogen and oxygen atoms in total. The van der Waals surface area contributed by atoms with Crippen molar-refractivity contribution in [2.24, 2.45) is 18.9 Å². The summed E-state index contributed by atoms with van der Waals surface area (Å²) < 4.78 is 1.68. The highest BCUT2D eigenvalue weighted by molar-refractivity contribution is 6.09. The summed E-state index contributed by atoms with van der Waals surface area (Å²) in [4.78, 5) is 38.1. The highest BCUT2D eigenvalue weighted by Crippen LogP contribution is 2.34. The number of likely N-dealkylation sites (tertiary alicyclic amines) is 1. The summed E-state index contributed by atoms with van der Waals surface area (Å²) in [6.45, 7) is 3.41. The third kappa shape index (κ3) is 2.56. The Morgan fingerprint density at radius 1 is 1.22 bits per heavy atom. The second-order valence-corrected chi connectivity index (χ2v) is 6.14. The van der Waals surface area contributed by atoms with Gasteiger partial charge in [-0.25, -0.2) is 0 Å². The number of nitrogens with one attached hydrogen (secondary N) is 1. The normalized spacial score (nSPS) is 23.3. The zero-order valence-electron chi connectivity index (χ0n) is 13.5. The molecule has 0 aromatic carbocycles. The fourth-order valence-electron chi connectivity index (χ4n) is 3.30. The van der Waals surface area contributed by atoms with Crippen LogP contribution in [0.3, 0.4) is 0 Å². The van der Waals surface area contributed by atoms with Gasteiger partial charge >= 0.3 is 0 Å². The fourth-order valence-corrected chi connectivity index (χ4v) is 3.30. The summed E-state index contributed by atoms with van der Waals surface area (Å²) in [5.74, 6) is -1.46. The minimum atomic E-state index is -0.377. The van der Waals surface area contributed by atoms with Crippen LogP contribution in [-0.4, -0.2) is 38.9 Å². The van der Waals surface area contributed by atoms with Gasteiger partial charge in [0.15, 0.2) is 0 Å². The number of aryl methyl sites for hydroxylation is 2. The molecule has 1 saturated heterocycles. The third-order valence-electron chi connectivity index (χ3n) is 4.67. The van der Waals surface area contributed by atoms with E-state index >= 15 is 0 Å². The Morgan fingerprint density at radius 2 is 1.78 bits per heavy atom. The van der Waals surface area contributed by atoms with Crippen molar-refractivity contribution >= 4 is 23.4 Å². The van der Waals surface area contributed by atoms with Gasteiger partial charge in [0.25, 0.3) is 0 Å². The van der Waals surface area contributed by atoms with Crippen molar-refractivity contribution in [1.82, 2.24) is 14.7 Å². The second kappa shape index (κ2) is 5.64. The Kier molecular flexibility index (Phi) is 3.79. The first-order valence-electron chi connectivity index (χ1n) is 7.70. The van der Waals surface area contributed by atoms with E-state index in [1.54, 1.807) is 18.7 Å². The lowest BCUT2D eigenvalue weighted by Gasteiger charge is -2.14. The topological polar surface area (TPSA) is 84.3 Å². The maximum Gasteiger partial charge on any atom is 0.244 e. The molecule has 1 aliphatic heterocycles. The molecule has 7 heteroatoms. The van der Waals surface area contributed by atoms with Gasteiger partial charge in [-0.05, 0) is 26.7 Å². The number of fused-ring (bicyclic) bond motifs is 1. The van der Waals surface area contributed by atoms with E-state index in [0.29, 0.717) is 24.2 Å². The number of nitrogens with zero attached hydrogens (tertiary/aromatic N) is 3. The number of allylic oxidation sites excluding steroid dienone is 2. The van der Waals surface area contributed by atoms with Gasteiger partial charge in [-0.1, -0.05) is 12.2 Å². The quantitative estimate of drug-likeness (QED) is 0.664. The monoisotopic (exact) mass is 316 g/mol. The van der Waals surface area contributed by atoms with Gasteiger partial charge in [0.1, 0.15) is 6.54 Å². The molecule has 0 unspecified atom stereocenters. The molecule has 1 aliphatic carbocycles. The lowest BCUT2D eigenvalue weighted by atomic mass is 9.85. The van der Waals surface area contributed by atoms with Gasteiger partial charge in [0, 0.05) is 7.05 Å². The molecule has 1 N–H and O–H groups in total. The van der Waals surface area contributed by atoms with E-state index in [4.69, 9.17) is 0 Å². The molecule has 0 bridgehead atoms. The number of hydrogen-bond donors (Lipinski definition) is 1. The van der Waals surface area contributed by atoms with Crippen LogP contribution in [0.15, 0.2) is 12.2 Å². The third-order valence-corrected chi connectivity index (χ3v) is 4.67. The van der Waals surface area contributed by atoms with Gasteiger partial charge in [-0.15, -0.1) is 0 Å². The molecule has 3 rings (SSSR count). The summed E-state index contributed by atoms with van der Waals surface area (Å²) in [5.41, 5.74) is 2.17. The number of hydrogen-bond acceptors (Lipinski definition) is 4. The van der Waals surface area contributed by atoms with Crippen molar-refractivity contribution in [1.29, 1.82) is 0 Å². The van der Waals surface area contributed by atoms with Gasteiger partial charge in [0.2, 0.25) is 17.7 Å². The van der Waals surface area contributed by atoms with Gasteiger partial charge < -0.3 is 5.32 Å². The zero-order chi connectivity index (χ0) is 16.7. The molecule has 23 heavy (non-hydrogen) atoms. The molecule has 122 valence electrons. The van der Waals surface area contributed by atoms with E-state index in [2.05, 4.69) is 10.4 Å². The van der Waals surface area contributed by atoms with Gasteiger partial charge in [0.05, 0.1) is 28.9 Å². The largest absolute Gasteiger partial charge is 0.321 e. The Labute approximate surface area is 134 Å². The second-order valence-electron chi connectivity index (χ2n) is 6.14.